The maximum Gasteiger partial charge on any atom is 0.161 e. The average molecular weight is 279 g/mol. The Kier molecular flexibility index (Phi) is 6.68. The van der Waals surface area contributed by atoms with E-state index in [1.54, 1.807) is 7.11 Å². The van der Waals surface area contributed by atoms with Crippen molar-refractivity contribution >= 4 is 0 Å². The van der Waals surface area contributed by atoms with Gasteiger partial charge in [-0.15, -0.1) is 0 Å². The lowest BCUT2D eigenvalue weighted by molar-refractivity contribution is 0.122. The summed E-state index contributed by atoms with van der Waals surface area (Å²) in [7, 11) is 1.65. The van der Waals surface area contributed by atoms with E-state index in [0.29, 0.717) is 6.61 Å². The van der Waals surface area contributed by atoms with Gasteiger partial charge in [0.1, 0.15) is 6.61 Å². The first kappa shape index (κ1) is 15.1. The molecule has 0 saturated heterocycles. The molecule has 0 spiro atoms. The molecule has 1 aromatic rings. The Morgan fingerprint density at radius 3 is 2.65 bits per heavy atom. The molecule has 1 aliphatic carbocycles. The summed E-state index contributed by atoms with van der Waals surface area (Å²) in [6.45, 7) is 4.26. The fraction of sp³-hybridized carbons (Fsp3) is 0.625. The van der Waals surface area contributed by atoms with Crippen LogP contribution in [-0.4, -0.2) is 40.0 Å². The highest BCUT2D eigenvalue weighted by Crippen LogP contribution is 2.28. The summed E-state index contributed by atoms with van der Waals surface area (Å²) in [5, 5.41) is 3.35. The second-order valence-corrected chi connectivity index (χ2v) is 5.12. The lowest BCUT2D eigenvalue weighted by atomic mass is 10.3. The number of nitrogens with one attached hydrogen (secondary N) is 1. The summed E-state index contributed by atoms with van der Waals surface area (Å²) in [4.78, 5) is 0. The van der Waals surface area contributed by atoms with E-state index in [1.807, 2.05) is 24.3 Å². The summed E-state index contributed by atoms with van der Waals surface area (Å²) in [5.41, 5.74) is 0. The van der Waals surface area contributed by atoms with Gasteiger partial charge in [0.05, 0.1) is 7.11 Å². The van der Waals surface area contributed by atoms with E-state index >= 15 is 0 Å². The highest BCUT2D eigenvalue weighted by atomic mass is 16.5. The highest BCUT2D eigenvalue weighted by molar-refractivity contribution is 5.39. The molecule has 20 heavy (non-hydrogen) atoms. The maximum absolute atomic E-state index is 5.68. The summed E-state index contributed by atoms with van der Waals surface area (Å²) in [6.07, 6.45) is 3.78. The number of rotatable bonds is 11. The third kappa shape index (κ3) is 5.80. The van der Waals surface area contributed by atoms with E-state index in [-0.39, 0.29) is 0 Å². The standard InChI is InChI=1S/C16H25NO3/c1-18-15-5-2-3-6-16(15)20-12-10-17-9-4-11-19-13-14-7-8-14/h2-3,5-6,14,17H,4,7-13H2,1H3. The Hall–Kier alpha value is -1.26. The van der Waals surface area contributed by atoms with Crippen LogP contribution < -0.4 is 14.8 Å². The van der Waals surface area contributed by atoms with Gasteiger partial charge in [0.15, 0.2) is 11.5 Å². The van der Waals surface area contributed by atoms with Crippen LogP contribution in [0.5, 0.6) is 11.5 Å². The Labute approximate surface area is 121 Å². The predicted octanol–water partition coefficient (Wildman–Crippen LogP) is 2.48. The van der Waals surface area contributed by atoms with Crippen molar-refractivity contribution in [2.75, 3.05) is 40.0 Å². The quantitative estimate of drug-likeness (QED) is 0.632. The molecular weight excluding hydrogens is 254 g/mol. The molecule has 4 nitrogen and oxygen atoms in total. The Morgan fingerprint density at radius 1 is 1.10 bits per heavy atom. The van der Waals surface area contributed by atoms with Gasteiger partial charge in [-0.2, -0.15) is 0 Å². The van der Waals surface area contributed by atoms with E-state index < -0.39 is 0 Å². The van der Waals surface area contributed by atoms with Crippen LogP contribution in [-0.2, 0) is 4.74 Å². The molecule has 0 bridgehead atoms. The van der Waals surface area contributed by atoms with Crippen molar-refractivity contribution in [3.05, 3.63) is 24.3 Å². The summed E-state index contributed by atoms with van der Waals surface area (Å²) >= 11 is 0. The number of ether oxygens (including phenoxy) is 3. The largest absolute Gasteiger partial charge is 0.493 e. The minimum Gasteiger partial charge on any atom is -0.493 e. The minimum atomic E-state index is 0.642. The van der Waals surface area contributed by atoms with Crippen LogP contribution in [0.2, 0.25) is 0 Å². The van der Waals surface area contributed by atoms with Crippen LogP contribution in [0, 0.1) is 5.92 Å². The normalized spacial score (nSPS) is 14.2. The zero-order valence-electron chi connectivity index (χ0n) is 12.3. The number of hydrogen-bond acceptors (Lipinski definition) is 4. The zero-order chi connectivity index (χ0) is 14.0. The molecule has 0 aromatic heterocycles. The molecular formula is C16H25NO3. The predicted molar refractivity (Wildman–Crippen MR) is 79.5 cm³/mol. The summed E-state index contributed by atoms with van der Waals surface area (Å²) in [6, 6.07) is 7.71. The molecule has 112 valence electrons. The molecule has 0 atom stereocenters. The molecule has 1 aromatic carbocycles. The molecule has 2 rings (SSSR count). The van der Waals surface area contributed by atoms with Crippen LogP contribution in [0.3, 0.4) is 0 Å². The van der Waals surface area contributed by atoms with Crippen molar-refractivity contribution in [1.29, 1.82) is 0 Å². The number of hydrogen-bond donors (Lipinski definition) is 1. The number of methoxy groups -OCH3 is 1. The van der Waals surface area contributed by atoms with Gasteiger partial charge in [0, 0.05) is 19.8 Å². The smallest absolute Gasteiger partial charge is 0.161 e. The number of para-hydroxylation sites is 2. The van der Waals surface area contributed by atoms with Gasteiger partial charge in [0.25, 0.3) is 0 Å². The van der Waals surface area contributed by atoms with Crippen LogP contribution >= 0.6 is 0 Å². The van der Waals surface area contributed by atoms with Gasteiger partial charge in [-0.25, -0.2) is 0 Å². The van der Waals surface area contributed by atoms with Gasteiger partial charge < -0.3 is 19.5 Å². The first-order chi connectivity index (χ1) is 9.90. The molecule has 0 heterocycles. The fourth-order valence-corrected chi connectivity index (χ4v) is 1.93. The first-order valence-corrected chi connectivity index (χ1v) is 7.44. The maximum atomic E-state index is 5.68. The molecule has 0 amide bonds. The van der Waals surface area contributed by atoms with Gasteiger partial charge in [0.2, 0.25) is 0 Å². The Morgan fingerprint density at radius 2 is 1.90 bits per heavy atom. The van der Waals surface area contributed by atoms with Crippen molar-refractivity contribution < 1.29 is 14.2 Å². The van der Waals surface area contributed by atoms with Crippen molar-refractivity contribution in [3.63, 3.8) is 0 Å². The molecule has 0 radical (unpaired) electrons. The molecule has 1 saturated carbocycles. The van der Waals surface area contributed by atoms with E-state index in [2.05, 4.69) is 5.32 Å². The topological polar surface area (TPSA) is 39.7 Å². The van der Waals surface area contributed by atoms with Crippen molar-refractivity contribution in [1.82, 2.24) is 5.32 Å². The van der Waals surface area contributed by atoms with E-state index in [1.165, 1.54) is 12.8 Å². The highest BCUT2D eigenvalue weighted by Gasteiger charge is 2.20. The third-order valence-electron chi connectivity index (χ3n) is 3.30. The average Bonchev–Trinajstić information content (AvgIpc) is 3.30. The molecule has 1 N–H and O–H groups in total. The summed E-state index contributed by atoms with van der Waals surface area (Å²) < 4.78 is 16.5. The summed E-state index contributed by atoms with van der Waals surface area (Å²) in [5.74, 6) is 2.43. The van der Waals surface area contributed by atoms with Crippen molar-refractivity contribution in [2.24, 2.45) is 5.92 Å². The molecule has 4 heteroatoms. The number of benzene rings is 1. The van der Waals surface area contributed by atoms with Crippen LogP contribution in [0.1, 0.15) is 19.3 Å². The zero-order valence-corrected chi connectivity index (χ0v) is 12.3. The van der Waals surface area contributed by atoms with Crippen molar-refractivity contribution in [3.8, 4) is 11.5 Å². The minimum absolute atomic E-state index is 0.642. The Bertz CT molecular complexity index is 380. The Balaban J connectivity index is 1.44. The molecule has 0 unspecified atom stereocenters. The van der Waals surface area contributed by atoms with Crippen molar-refractivity contribution in [2.45, 2.75) is 19.3 Å². The first-order valence-electron chi connectivity index (χ1n) is 7.44. The fourth-order valence-electron chi connectivity index (χ4n) is 1.93. The van der Waals surface area contributed by atoms with E-state index in [0.717, 1.165) is 50.1 Å². The lowest BCUT2D eigenvalue weighted by Gasteiger charge is -2.10. The van der Waals surface area contributed by atoms with E-state index in [4.69, 9.17) is 14.2 Å². The second-order valence-electron chi connectivity index (χ2n) is 5.12. The molecule has 1 fully saturated rings. The third-order valence-corrected chi connectivity index (χ3v) is 3.30. The lowest BCUT2D eigenvalue weighted by Crippen LogP contribution is -2.23. The van der Waals surface area contributed by atoms with Crippen LogP contribution in [0.25, 0.3) is 0 Å². The van der Waals surface area contributed by atoms with E-state index in [9.17, 15) is 0 Å². The van der Waals surface area contributed by atoms with Gasteiger partial charge >= 0.3 is 0 Å². The van der Waals surface area contributed by atoms with Gasteiger partial charge in [-0.1, -0.05) is 12.1 Å². The SMILES string of the molecule is COc1ccccc1OCCNCCCOCC1CC1. The van der Waals surface area contributed by atoms with Crippen LogP contribution in [0.15, 0.2) is 24.3 Å². The monoisotopic (exact) mass is 279 g/mol. The molecule has 1 aliphatic rings. The molecule has 0 aliphatic heterocycles. The van der Waals surface area contributed by atoms with Gasteiger partial charge in [-0.3, -0.25) is 0 Å². The van der Waals surface area contributed by atoms with Gasteiger partial charge in [-0.05, 0) is 43.9 Å². The second kappa shape index (κ2) is 8.82. The van der Waals surface area contributed by atoms with Crippen LogP contribution in [0.4, 0.5) is 0 Å².